The van der Waals surface area contributed by atoms with E-state index in [1.165, 1.54) is 5.56 Å². The van der Waals surface area contributed by atoms with E-state index in [2.05, 4.69) is 24.0 Å². The van der Waals surface area contributed by atoms with Crippen LogP contribution >= 0.6 is 0 Å². The van der Waals surface area contributed by atoms with E-state index < -0.39 is 6.10 Å². The molecular weight excluding hydrogens is 222 g/mol. The van der Waals surface area contributed by atoms with E-state index in [0.717, 1.165) is 22.5 Å². The van der Waals surface area contributed by atoms with Crippen LogP contribution in [0.2, 0.25) is 0 Å². The lowest BCUT2D eigenvalue weighted by atomic mass is 9.99. The van der Waals surface area contributed by atoms with Gasteiger partial charge in [0.05, 0.1) is 6.10 Å². The Morgan fingerprint density at radius 1 is 1.11 bits per heavy atom. The quantitative estimate of drug-likeness (QED) is 0.894. The first-order valence-electron chi connectivity index (χ1n) is 6.24. The Kier molecular flexibility index (Phi) is 3.78. The second kappa shape index (κ2) is 5.32. The summed E-state index contributed by atoms with van der Waals surface area (Å²) >= 11 is 0. The molecule has 18 heavy (non-hydrogen) atoms. The Balaban J connectivity index is 2.19. The normalized spacial score (nSPS) is 12.4. The number of rotatable bonds is 3. The molecule has 1 atom stereocenters. The van der Waals surface area contributed by atoms with Gasteiger partial charge in [-0.15, -0.1) is 0 Å². The molecule has 0 fully saturated rings. The highest BCUT2D eigenvalue weighted by molar-refractivity contribution is 5.28. The average Bonchev–Trinajstić information content (AvgIpc) is 2.28. The van der Waals surface area contributed by atoms with Crippen LogP contribution in [0.3, 0.4) is 0 Å². The first kappa shape index (κ1) is 12.8. The number of aryl methyl sites for hydroxylation is 3. The van der Waals surface area contributed by atoms with Crippen LogP contribution in [0.4, 0.5) is 0 Å². The number of hydrogen-bond donors (Lipinski definition) is 1. The molecule has 0 radical (unpaired) electrons. The van der Waals surface area contributed by atoms with Gasteiger partial charge >= 0.3 is 0 Å². The zero-order valence-electron chi connectivity index (χ0n) is 11.1. The smallest absolute Gasteiger partial charge is 0.0847 e. The number of pyridine rings is 1. The predicted molar refractivity (Wildman–Crippen MR) is 73.6 cm³/mol. The Morgan fingerprint density at radius 2 is 1.89 bits per heavy atom. The van der Waals surface area contributed by atoms with Crippen molar-refractivity contribution in [2.24, 2.45) is 0 Å². The van der Waals surface area contributed by atoms with Crippen molar-refractivity contribution in [3.63, 3.8) is 0 Å². The Bertz CT molecular complexity index is 549. The van der Waals surface area contributed by atoms with Crippen molar-refractivity contribution in [2.75, 3.05) is 0 Å². The molecule has 1 heterocycles. The van der Waals surface area contributed by atoms with E-state index >= 15 is 0 Å². The van der Waals surface area contributed by atoms with Crippen molar-refractivity contribution < 1.29 is 5.11 Å². The molecule has 1 N–H and O–H groups in total. The van der Waals surface area contributed by atoms with Crippen LogP contribution in [0, 0.1) is 20.8 Å². The molecule has 0 saturated carbocycles. The SMILES string of the molecule is Cc1cccc(CC(O)c2ccc(C)nc2C)c1. The summed E-state index contributed by atoms with van der Waals surface area (Å²) < 4.78 is 0. The summed E-state index contributed by atoms with van der Waals surface area (Å²) in [4.78, 5) is 4.39. The van der Waals surface area contributed by atoms with E-state index in [1.54, 1.807) is 0 Å². The Morgan fingerprint density at radius 3 is 2.56 bits per heavy atom. The van der Waals surface area contributed by atoms with Crippen molar-refractivity contribution in [1.82, 2.24) is 4.98 Å². The lowest BCUT2D eigenvalue weighted by Gasteiger charge is -2.14. The van der Waals surface area contributed by atoms with Crippen LogP contribution < -0.4 is 0 Å². The first-order valence-corrected chi connectivity index (χ1v) is 6.24. The van der Waals surface area contributed by atoms with E-state index in [9.17, 15) is 5.11 Å². The number of hydrogen-bond acceptors (Lipinski definition) is 2. The van der Waals surface area contributed by atoms with Crippen molar-refractivity contribution in [3.8, 4) is 0 Å². The minimum Gasteiger partial charge on any atom is -0.388 e. The van der Waals surface area contributed by atoms with Crippen molar-refractivity contribution >= 4 is 0 Å². The van der Waals surface area contributed by atoms with Crippen LogP contribution in [-0.4, -0.2) is 10.1 Å². The molecular formula is C16H19NO. The summed E-state index contributed by atoms with van der Waals surface area (Å²) in [6, 6.07) is 12.2. The minimum atomic E-state index is -0.486. The first-order chi connectivity index (χ1) is 8.56. The maximum Gasteiger partial charge on any atom is 0.0847 e. The van der Waals surface area contributed by atoms with Crippen molar-refractivity contribution in [3.05, 3.63) is 64.5 Å². The molecule has 2 rings (SSSR count). The molecule has 0 spiro atoms. The van der Waals surface area contributed by atoms with Gasteiger partial charge in [-0.2, -0.15) is 0 Å². The number of nitrogens with zero attached hydrogens (tertiary/aromatic N) is 1. The number of aromatic nitrogens is 1. The third kappa shape index (κ3) is 2.96. The van der Waals surface area contributed by atoms with Crippen LogP contribution in [0.1, 0.15) is 34.2 Å². The fourth-order valence-electron chi connectivity index (χ4n) is 2.22. The Labute approximate surface area is 108 Å². The van der Waals surface area contributed by atoms with Crippen LogP contribution in [0.15, 0.2) is 36.4 Å². The third-order valence-electron chi connectivity index (χ3n) is 3.14. The molecule has 0 aliphatic carbocycles. The monoisotopic (exact) mass is 241 g/mol. The van der Waals surface area contributed by atoms with Gasteiger partial charge in [0.1, 0.15) is 0 Å². The standard InChI is InChI=1S/C16H19NO/c1-11-5-4-6-14(9-11)10-16(18)15-8-7-12(2)17-13(15)3/h4-9,16,18H,10H2,1-3H3. The fraction of sp³-hybridized carbons (Fsp3) is 0.312. The van der Waals surface area contributed by atoms with Gasteiger partial charge in [-0.1, -0.05) is 35.9 Å². The molecule has 1 unspecified atom stereocenters. The van der Waals surface area contributed by atoms with Gasteiger partial charge in [-0.25, -0.2) is 0 Å². The molecule has 94 valence electrons. The molecule has 0 aliphatic rings. The van der Waals surface area contributed by atoms with Crippen molar-refractivity contribution in [2.45, 2.75) is 33.3 Å². The predicted octanol–water partition coefficient (Wildman–Crippen LogP) is 3.28. The van der Waals surface area contributed by atoms with Gasteiger partial charge in [0.15, 0.2) is 0 Å². The lowest BCUT2D eigenvalue weighted by Crippen LogP contribution is -2.05. The van der Waals surface area contributed by atoms with Gasteiger partial charge in [-0.05, 0) is 32.4 Å². The zero-order chi connectivity index (χ0) is 13.1. The number of benzene rings is 1. The van der Waals surface area contributed by atoms with Crippen molar-refractivity contribution in [1.29, 1.82) is 0 Å². The summed E-state index contributed by atoms with van der Waals surface area (Å²) in [6.45, 7) is 5.97. The summed E-state index contributed by atoms with van der Waals surface area (Å²) in [5.41, 5.74) is 5.19. The van der Waals surface area contributed by atoms with E-state index in [1.807, 2.05) is 38.1 Å². The molecule has 1 aromatic heterocycles. The molecule has 0 bridgehead atoms. The molecule has 2 heteroatoms. The lowest BCUT2D eigenvalue weighted by molar-refractivity contribution is 0.177. The second-order valence-electron chi connectivity index (χ2n) is 4.84. The van der Waals surface area contributed by atoms with Crippen LogP contribution in [-0.2, 0) is 6.42 Å². The summed E-state index contributed by atoms with van der Waals surface area (Å²) in [6.07, 6.45) is 0.146. The highest BCUT2D eigenvalue weighted by atomic mass is 16.3. The highest BCUT2D eigenvalue weighted by Gasteiger charge is 2.12. The van der Waals surface area contributed by atoms with Crippen LogP contribution in [0.5, 0.6) is 0 Å². The molecule has 0 aliphatic heterocycles. The summed E-state index contributed by atoms with van der Waals surface area (Å²) in [5.74, 6) is 0. The molecule has 1 aromatic carbocycles. The summed E-state index contributed by atoms with van der Waals surface area (Å²) in [7, 11) is 0. The topological polar surface area (TPSA) is 33.1 Å². The van der Waals surface area contributed by atoms with E-state index in [4.69, 9.17) is 0 Å². The number of aliphatic hydroxyl groups is 1. The highest BCUT2D eigenvalue weighted by Crippen LogP contribution is 2.21. The van der Waals surface area contributed by atoms with Gasteiger partial charge in [-0.3, -0.25) is 4.98 Å². The maximum absolute atomic E-state index is 10.3. The van der Waals surface area contributed by atoms with Gasteiger partial charge in [0.2, 0.25) is 0 Å². The van der Waals surface area contributed by atoms with E-state index in [-0.39, 0.29) is 0 Å². The summed E-state index contributed by atoms with van der Waals surface area (Å²) in [5, 5.41) is 10.3. The van der Waals surface area contributed by atoms with Gasteiger partial charge in [0, 0.05) is 23.4 Å². The Hall–Kier alpha value is -1.67. The minimum absolute atomic E-state index is 0.486. The van der Waals surface area contributed by atoms with Gasteiger partial charge < -0.3 is 5.11 Å². The molecule has 2 aromatic rings. The van der Waals surface area contributed by atoms with E-state index in [0.29, 0.717) is 6.42 Å². The molecule has 2 nitrogen and oxygen atoms in total. The average molecular weight is 241 g/mol. The number of aliphatic hydroxyl groups excluding tert-OH is 1. The molecule has 0 saturated heterocycles. The second-order valence-corrected chi connectivity index (χ2v) is 4.84. The molecule has 0 amide bonds. The maximum atomic E-state index is 10.3. The zero-order valence-corrected chi connectivity index (χ0v) is 11.1. The largest absolute Gasteiger partial charge is 0.388 e. The van der Waals surface area contributed by atoms with Gasteiger partial charge in [0.25, 0.3) is 0 Å². The third-order valence-corrected chi connectivity index (χ3v) is 3.14. The van der Waals surface area contributed by atoms with Crippen LogP contribution in [0.25, 0.3) is 0 Å². The fourth-order valence-corrected chi connectivity index (χ4v) is 2.22.